The zero-order valence-corrected chi connectivity index (χ0v) is 17.2. The molecule has 1 aromatic rings. The topological polar surface area (TPSA) is 57.2 Å². The van der Waals surface area contributed by atoms with Gasteiger partial charge in [-0.15, -0.1) is 5.06 Å². The van der Waals surface area contributed by atoms with E-state index in [0.717, 1.165) is 18.4 Å². The molecular formula is C22H29NO5. The predicted octanol–water partition coefficient (Wildman–Crippen LogP) is 3.77. The number of ketones is 1. The first-order valence-electron chi connectivity index (χ1n) is 9.96. The van der Waals surface area contributed by atoms with Crippen LogP contribution in [0.15, 0.2) is 36.1 Å². The fourth-order valence-corrected chi connectivity index (χ4v) is 4.47. The molecule has 1 aromatic carbocycles. The third-order valence-electron chi connectivity index (χ3n) is 5.79. The molecule has 152 valence electrons. The first-order valence-corrected chi connectivity index (χ1v) is 9.96. The molecule has 2 aliphatic heterocycles. The number of hydroxylamine groups is 2. The summed E-state index contributed by atoms with van der Waals surface area (Å²) in [4.78, 5) is 18.7. The molecule has 6 nitrogen and oxygen atoms in total. The summed E-state index contributed by atoms with van der Waals surface area (Å²) in [7, 11) is 1.65. The highest BCUT2D eigenvalue weighted by atomic mass is 16.8. The van der Waals surface area contributed by atoms with Crippen LogP contribution in [-0.4, -0.2) is 42.7 Å². The Morgan fingerprint density at radius 2 is 2.04 bits per heavy atom. The van der Waals surface area contributed by atoms with E-state index in [1.54, 1.807) is 13.2 Å². The summed E-state index contributed by atoms with van der Waals surface area (Å²) in [6.45, 7) is 8.57. The molecule has 4 rings (SSSR count). The van der Waals surface area contributed by atoms with Crippen molar-refractivity contribution in [2.75, 3.05) is 13.7 Å². The summed E-state index contributed by atoms with van der Waals surface area (Å²) in [5.74, 6) is 0.431. The van der Waals surface area contributed by atoms with Gasteiger partial charge in [-0.3, -0.25) is 9.63 Å². The number of carbonyl (C=O) groups is 1. The summed E-state index contributed by atoms with van der Waals surface area (Å²) in [6.07, 6.45) is 2.55. The average Bonchev–Trinajstić information content (AvgIpc) is 3.17. The van der Waals surface area contributed by atoms with Gasteiger partial charge in [-0.1, -0.05) is 38.1 Å². The van der Waals surface area contributed by atoms with Crippen molar-refractivity contribution in [3.63, 3.8) is 0 Å². The summed E-state index contributed by atoms with van der Waals surface area (Å²) < 4.78 is 18.2. The largest absolute Gasteiger partial charge is 0.472 e. The van der Waals surface area contributed by atoms with E-state index < -0.39 is 17.6 Å². The van der Waals surface area contributed by atoms with Crippen molar-refractivity contribution < 1.29 is 23.8 Å². The van der Waals surface area contributed by atoms with Crippen LogP contribution in [0.25, 0.3) is 0 Å². The van der Waals surface area contributed by atoms with E-state index in [4.69, 9.17) is 19.0 Å². The molecule has 2 saturated heterocycles. The lowest BCUT2D eigenvalue weighted by Gasteiger charge is -2.40. The molecule has 0 radical (unpaired) electrons. The van der Waals surface area contributed by atoms with Crippen LogP contribution in [0.4, 0.5) is 0 Å². The quantitative estimate of drug-likeness (QED) is 0.767. The number of nitrogens with zero attached hydrogens (tertiary/aromatic N) is 1. The number of ether oxygens (including phenoxy) is 3. The highest BCUT2D eigenvalue weighted by molar-refractivity contribution is 6.08. The lowest BCUT2D eigenvalue weighted by molar-refractivity contribution is -0.258. The van der Waals surface area contributed by atoms with E-state index in [2.05, 4.69) is 13.8 Å². The Hall–Kier alpha value is -1.73. The molecule has 2 heterocycles. The molecular weight excluding hydrogens is 358 g/mol. The van der Waals surface area contributed by atoms with Gasteiger partial charge in [-0.05, 0) is 38.2 Å². The Labute approximate surface area is 166 Å². The minimum atomic E-state index is -0.672. The van der Waals surface area contributed by atoms with Crippen LogP contribution in [0, 0.1) is 5.92 Å². The van der Waals surface area contributed by atoms with Gasteiger partial charge in [0.05, 0.1) is 13.7 Å². The Morgan fingerprint density at radius 1 is 1.29 bits per heavy atom. The van der Waals surface area contributed by atoms with Gasteiger partial charge in [0, 0.05) is 11.6 Å². The van der Waals surface area contributed by atoms with Gasteiger partial charge < -0.3 is 14.2 Å². The summed E-state index contributed by atoms with van der Waals surface area (Å²) in [6, 6.07) is 7.74. The molecule has 0 N–H and O–H groups in total. The van der Waals surface area contributed by atoms with E-state index >= 15 is 0 Å². The molecule has 6 heteroatoms. The van der Waals surface area contributed by atoms with Crippen molar-refractivity contribution in [2.45, 2.75) is 64.2 Å². The molecule has 1 aliphatic carbocycles. The second-order valence-electron chi connectivity index (χ2n) is 8.60. The van der Waals surface area contributed by atoms with Gasteiger partial charge in [0.15, 0.2) is 11.6 Å². The van der Waals surface area contributed by atoms with Crippen molar-refractivity contribution in [1.29, 1.82) is 0 Å². The number of carbonyl (C=O) groups excluding carboxylic acids is 1. The maximum Gasteiger partial charge on any atom is 0.203 e. The van der Waals surface area contributed by atoms with E-state index in [9.17, 15) is 4.79 Å². The lowest BCUT2D eigenvalue weighted by Crippen LogP contribution is -2.51. The summed E-state index contributed by atoms with van der Waals surface area (Å²) in [5, 5.41) is 1.88. The van der Waals surface area contributed by atoms with Gasteiger partial charge in [0.25, 0.3) is 0 Å². The molecule has 0 amide bonds. The zero-order chi connectivity index (χ0) is 20.1. The number of allylic oxidation sites excluding steroid dienone is 1. The Morgan fingerprint density at radius 3 is 2.68 bits per heavy atom. The molecule has 0 spiro atoms. The number of fused-ring (bicyclic) bond motifs is 3. The highest BCUT2D eigenvalue weighted by Gasteiger charge is 2.60. The van der Waals surface area contributed by atoms with Crippen LogP contribution in [-0.2, 0) is 24.6 Å². The van der Waals surface area contributed by atoms with Crippen LogP contribution in [0.1, 0.15) is 56.5 Å². The predicted molar refractivity (Wildman–Crippen MR) is 103 cm³/mol. The maximum absolute atomic E-state index is 12.8. The highest BCUT2D eigenvalue weighted by Crippen LogP contribution is 2.53. The number of hydrogen-bond donors (Lipinski definition) is 0. The van der Waals surface area contributed by atoms with Crippen molar-refractivity contribution in [3.8, 4) is 0 Å². The van der Waals surface area contributed by atoms with Gasteiger partial charge in [-0.2, -0.15) is 0 Å². The minimum Gasteiger partial charge on any atom is -0.472 e. The van der Waals surface area contributed by atoms with Crippen LogP contribution < -0.4 is 0 Å². The third kappa shape index (κ3) is 2.99. The van der Waals surface area contributed by atoms with E-state index in [0.29, 0.717) is 23.8 Å². The summed E-state index contributed by atoms with van der Waals surface area (Å²) >= 11 is 0. The molecule has 3 atom stereocenters. The van der Waals surface area contributed by atoms with Crippen LogP contribution in [0.3, 0.4) is 0 Å². The van der Waals surface area contributed by atoms with Gasteiger partial charge in [-0.25, -0.2) is 0 Å². The van der Waals surface area contributed by atoms with Gasteiger partial charge in [0.2, 0.25) is 6.23 Å². The van der Waals surface area contributed by atoms with Gasteiger partial charge >= 0.3 is 0 Å². The Balaban J connectivity index is 1.81. The molecule has 28 heavy (non-hydrogen) atoms. The summed E-state index contributed by atoms with van der Waals surface area (Å²) in [5.41, 5.74) is 0.982. The first kappa shape index (κ1) is 19.6. The fourth-order valence-electron chi connectivity index (χ4n) is 4.47. The smallest absolute Gasteiger partial charge is 0.203 e. The normalized spacial score (nSPS) is 31.5. The van der Waals surface area contributed by atoms with Crippen molar-refractivity contribution >= 4 is 5.78 Å². The SMILES string of the molecule is CON1[C@H](C2COC(C)(C)O2)OC2=CC(=O)c3ccccc3[C@]21CCC(C)C. The number of hydrogen-bond acceptors (Lipinski definition) is 6. The molecule has 0 aromatic heterocycles. The van der Waals surface area contributed by atoms with Crippen LogP contribution in [0.5, 0.6) is 0 Å². The van der Waals surface area contributed by atoms with E-state index in [1.807, 2.05) is 43.2 Å². The molecule has 0 saturated carbocycles. The average molecular weight is 387 g/mol. The molecule has 2 fully saturated rings. The second-order valence-corrected chi connectivity index (χ2v) is 8.60. The zero-order valence-electron chi connectivity index (χ0n) is 17.2. The molecule has 0 bridgehead atoms. The first-order chi connectivity index (χ1) is 13.3. The van der Waals surface area contributed by atoms with Crippen LogP contribution in [0.2, 0.25) is 0 Å². The fraction of sp³-hybridized carbons (Fsp3) is 0.591. The second kappa shape index (κ2) is 6.95. The van der Waals surface area contributed by atoms with Crippen molar-refractivity contribution in [2.24, 2.45) is 5.92 Å². The lowest BCUT2D eigenvalue weighted by atomic mass is 9.75. The van der Waals surface area contributed by atoms with Gasteiger partial charge in [0.1, 0.15) is 17.4 Å². The minimum absolute atomic E-state index is 0.0357. The molecule has 1 unspecified atom stereocenters. The maximum atomic E-state index is 12.8. The molecule has 3 aliphatic rings. The number of benzene rings is 1. The Bertz CT molecular complexity index is 802. The van der Waals surface area contributed by atoms with E-state index in [1.165, 1.54) is 0 Å². The standard InChI is InChI=1S/C22H29NO5/c1-14(2)10-11-22-16-9-7-6-8-15(16)17(24)12-19(22)27-20(23(22)25-5)18-13-26-21(3,4)28-18/h6-9,12,14,18,20H,10-11,13H2,1-5H3/t18?,20-,22+/m0/s1. The van der Waals surface area contributed by atoms with E-state index in [-0.39, 0.29) is 11.9 Å². The third-order valence-corrected chi connectivity index (χ3v) is 5.79. The Kier molecular flexibility index (Phi) is 4.86. The van der Waals surface area contributed by atoms with Crippen molar-refractivity contribution in [1.82, 2.24) is 5.06 Å². The van der Waals surface area contributed by atoms with Crippen LogP contribution >= 0.6 is 0 Å². The van der Waals surface area contributed by atoms with Crippen molar-refractivity contribution in [3.05, 3.63) is 47.2 Å². The number of rotatable bonds is 5. The monoisotopic (exact) mass is 387 g/mol.